The lowest BCUT2D eigenvalue weighted by Gasteiger charge is -2.25. The van der Waals surface area contributed by atoms with Crippen molar-refractivity contribution >= 4 is 275 Å². The van der Waals surface area contributed by atoms with Crippen LogP contribution < -0.4 is 61.2 Å². The minimum atomic E-state index is -1.10. The van der Waals surface area contributed by atoms with Crippen LogP contribution in [0.2, 0.25) is 30.1 Å². The number of ketones is 1. The van der Waals surface area contributed by atoms with Gasteiger partial charge in [-0.15, -0.1) is 11.8 Å². The van der Waals surface area contributed by atoms with Crippen molar-refractivity contribution < 1.29 is 93.0 Å². The summed E-state index contributed by atoms with van der Waals surface area (Å²) in [6.07, 6.45) is 2.61. The SMILES string of the molecule is CC(=O)COc1c(Cl)ccc2c(=O)c3ccccc3n(CC(=O)O)c12.CCCOc1c(Cl)ccc2c(=O)c3ccc(C)cc3n(CC(=O)O)c12.CN(Cc1ccccc1)c1c(Cl)ccc2c(=O)c3ccccc3n(CC(=O)O)c12.COc1c(Cl)cc(O)c2c(=O)c3ccccc3n(CC(=O)O)c12.COc1cc(Cl)c(OC)c2c1c(=O)c1ccccc1n2CC(=O)O.CSc1c(Cl)ccc2c(=O)c3ccc(Br)cc3n(CC(=O)O)c12. The number of para-hydroxylation sites is 4. The third kappa shape index (κ3) is 22.6. The maximum absolute atomic E-state index is 13.1. The van der Waals surface area contributed by atoms with Crippen molar-refractivity contribution in [3.8, 4) is 34.5 Å². The van der Waals surface area contributed by atoms with Crippen LogP contribution in [-0.4, -0.2) is 153 Å². The van der Waals surface area contributed by atoms with Gasteiger partial charge in [0.2, 0.25) is 10.9 Å². The number of aromatic nitrogens is 6. The van der Waals surface area contributed by atoms with Crippen LogP contribution in [0.15, 0.2) is 263 Å². The number of pyridine rings is 6. The summed E-state index contributed by atoms with van der Waals surface area (Å²) in [5.74, 6) is -5.62. The number of anilines is 1. The molecule has 0 atom stereocenters. The van der Waals surface area contributed by atoms with E-state index in [4.69, 9.17) is 93.3 Å². The molecule has 6 heterocycles. The van der Waals surface area contributed by atoms with Crippen molar-refractivity contribution in [1.82, 2.24) is 27.4 Å². The fraction of sp³-hybridized carbons (Fsp3) is 0.165. The molecule has 0 aliphatic heterocycles. The summed E-state index contributed by atoms with van der Waals surface area (Å²) in [6.45, 7) is 4.01. The lowest BCUT2D eigenvalue weighted by molar-refractivity contribution is -0.138. The number of carbonyl (C=O) groups is 7. The number of benzene rings is 13. The molecular weight excluding hydrogens is 2130 g/mol. The van der Waals surface area contributed by atoms with Crippen molar-refractivity contribution in [3.05, 3.63) is 332 Å². The van der Waals surface area contributed by atoms with E-state index in [1.807, 2.05) is 74.5 Å². The minimum Gasteiger partial charge on any atom is -0.507 e. The van der Waals surface area contributed by atoms with Crippen molar-refractivity contribution in [2.45, 2.75) is 77.9 Å². The second kappa shape index (κ2) is 47.0. The van der Waals surface area contributed by atoms with Gasteiger partial charge in [-0.25, -0.2) is 0 Å². The van der Waals surface area contributed by atoms with Gasteiger partial charge in [-0.2, -0.15) is 0 Å². The number of halogens is 7. The van der Waals surface area contributed by atoms with Gasteiger partial charge in [0, 0.05) is 73.3 Å². The Balaban J connectivity index is 0.000000141. The molecule has 0 saturated carbocycles. The molecule has 32 nitrogen and oxygen atoms in total. The molecule has 0 saturated heterocycles. The number of phenolic OH excluding ortho intramolecular Hbond substituents is 1. The molecule has 6 aromatic heterocycles. The molecule has 0 amide bonds. The number of rotatable bonds is 25. The molecule has 0 spiro atoms. The fourth-order valence-corrected chi connectivity index (χ4v) is 20.5. The highest BCUT2D eigenvalue weighted by atomic mass is 79.9. The molecule has 19 aromatic rings. The van der Waals surface area contributed by atoms with E-state index in [1.165, 1.54) is 78.0 Å². The second-order valence-corrected chi connectivity index (χ2v) is 37.7. The smallest absolute Gasteiger partial charge is 0.323 e. The largest absolute Gasteiger partial charge is 0.507 e. The van der Waals surface area contributed by atoms with Gasteiger partial charge < -0.3 is 91.7 Å². The molecule has 40 heteroatoms. The van der Waals surface area contributed by atoms with Gasteiger partial charge in [-0.05, 0) is 165 Å². The number of carboxylic acid groups (broad SMARTS) is 6. The number of aliphatic carboxylic acids is 6. The maximum Gasteiger partial charge on any atom is 0.323 e. The highest BCUT2D eigenvalue weighted by Crippen LogP contribution is 2.45. The number of aryl methyl sites for hydroxylation is 1. The average molecular weight is 2220 g/mol. The van der Waals surface area contributed by atoms with Crippen molar-refractivity contribution in [2.24, 2.45) is 0 Å². The molecule has 19 rings (SSSR count). The van der Waals surface area contributed by atoms with E-state index in [-0.39, 0.29) is 143 Å². The summed E-state index contributed by atoms with van der Waals surface area (Å²) in [4.78, 5) is 160. The normalized spacial score (nSPS) is 11.1. The van der Waals surface area contributed by atoms with Crippen molar-refractivity contribution in [2.75, 3.05) is 52.7 Å². The molecule has 0 unspecified atom stereocenters. The number of hydrogen-bond acceptors (Lipinski definition) is 21. The predicted molar refractivity (Wildman–Crippen MR) is 586 cm³/mol. The molecule has 764 valence electrons. The number of carbonyl (C=O) groups excluding carboxylic acids is 1. The zero-order valence-corrected chi connectivity index (χ0v) is 87.0. The van der Waals surface area contributed by atoms with E-state index in [2.05, 4.69) is 15.9 Å². The Morgan fingerprint density at radius 1 is 0.362 bits per heavy atom. The van der Waals surface area contributed by atoms with Gasteiger partial charge in [0.05, 0.1) is 145 Å². The topological polar surface area (TPSA) is 442 Å². The van der Waals surface area contributed by atoms with Crippen LogP contribution in [0.3, 0.4) is 0 Å². The average Bonchev–Trinajstić information content (AvgIpc) is 0.806. The number of ether oxygens (including phenoxy) is 5. The number of phenols is 1. The van der Waals surface area contributed by atoms with E-state index in [1.54, 1.807) is 171 Å². The predicted octanol–water partition coefficient (Wildman–Crippen LogP) is 21.3. The molecule has 0 aliphatic rings. The van der Waals surface area contributed by atoms with E-state index in [0.717, 1.165) is 22.0 Å². The number of thioether (sulfide) groups is 1. The third-order valence-electron chi connectivity index (χ3n) is 23.8. The van der Waals surface area contributed by atoms with E-state index < -0.39 is 47.8 Å². The van der Waals surface area contributed by atoms with Gasteiger partial charge in [0.1, 0.15) is 68.4 Å². The number of aromatic hydroxyl groups is 1. The zero-order chi connectivity index (χ0) is 108. The lowest BCUT2D eigenvalue weighted by Crippen LogP contribution is -2.22. The van der Waals surface area contributed by atoms with E-state index in [9.17, 15) is 98.1 Å². The van der Waals surface area contributed by atoms with E-state index >= 15 is 0 Å². The summed E-state index contributed by atoms with van der Waals surface area (Å²) in [7, 11) is 6.09. The summed E-state index contributed by atoms with van der Waals surface area (Å²) in [5.41, 5.74) is 6.58. The molecule has 0 fully saturated rings. The highest BCUT2D eigenvalue weighted by molar-refractivity contribution is 9.10. The fourth-order valence-electron chi connectivity index (χ4n) is 17.8. The number of hydrogen-bond donors (Lipinski definition) is 7. The maximum atomic E-state index is 13.1. The Morgan fingerprint density at radius 3 is 1.15 bits per heavy atom. The Morgan fingerprint density at radius 2 is 0.711 bits per heavy atom. The first-order chi connectivity index (χ1) is 71.2. The number of nitrogens with zero attached hydrogens (tertiary/aromatic N) is 7. The Bertz CT molecular complexity index is 9120. The summed E-state index contributed by atoms with van der Waals surface area (Å²) < 4.78 is 37.2. The van der Waals surface area contributed by atoms with Gasteiger partial charge in [0.25, 0.3) is 0 Å². The Hall–Kier alpha value is -15.7. The molecule has 0 bridgehead atoms. The first-order valence-electron chi connectivity index (χ1n) is 45.1. The molecule has 7 N–H and O–H groups in total. The van der Waals surface area contributed by atoms with Crippen molar-refractivity contribution in [3.63, 3.8) is 0 Å². The quantitative estimate of drug-likeness (QED) is 0.0206. The van der Waals surface area contributed by atoms with Gasteiger partial charge in [-0.1, -0.05) is 177 Å². The Labute approximate surface area is 885 Å². The highest BCUT2D eigenvalue weighted by Gasteiger charge is 2.29. The molecular formula is C109H88BrCl6N7O25S. The molecule has 0 radical (unpaired) electrons. The second-order valence-electron chi connectivity index (χ2n) is 33.6. The van der Waals surface area contributed by atoms with Gasteiger partial charge in [-0.3, -0.25) is 62.3 Å². The van der Waals surface area contributed by atoms with Crippen LogP contribution in [0.25, 0.3) is 131 Å². The Kier molecular flexibility index (Phi) is 34.4. The monoisotopic (exact) mass is 2220 g/mol. The first-order valence-corrected chi connectivity index (χ1v) is 49.4. The van der Waals surface area contributed by atoms with Crippen LogP contribution in [0.1, 0.15) is 31.4 Å². The minimum absolute atomic E-state index is 0.0220. The first kappa shape index (κ1) is 109. The summed E-state index contributed by atoms with van der Waals surface area (Å²) in [6, 6.07) is 63.3. The van der Waals surface area contributed by atoms with Crippen LogP contribution in [0, 0.1) is 6.92 Å². The number of methoxy groups -OCH3 is 3. The molecule has 13 aromatic carbocycles. The zero-order valence-electron chi connectivity index (χ0n) is 80.1. The van der Waals surface area contributed by atoms with Gasteiger partial charge in [0.15, 0.2) is 50.5 Å². The third-order valence-corrected chi connectivity index (χ3v) is 27.0. The number of carboxylic acids is 6. The van der Waals surface area contributed by atoms with E-state index in [0.29, 0.717) is 148 Å². The van der Waals surface area contributed by atoms with Crippen molar-refractivity contribution in [1.29, 1.82) is 0 Å². The summed E-state index contributed by atoms with van der Waals surface area (Å²) >= 11 is 42.4. The van der Waals surface area contributed by atoms with Crippen LogP contribution in [0.4, 0.5) is 5.69 Å². The van der Waals surface area contributed by atoms with Gasteiger partial charge >= 0.3 is 35.8 Å². The van der Waals surface area contributed by atoms with Crippen LogP contribution in [0.5, 0.6) is 34.5 Å². The number of fused-ring (bicyclic) bond motifs is 12. The lowest BCUT2D eigenvalue weighted by atomic mass is 10.1. The van der Waals surface area contributed by atoms with Crippen LogP contribution in [-0.2, 0) is 79.4 Å². The molecule has 0 aliphatic carbocycles. The van der Waals surface area contributed by atoms with Crippen LogP contribution >= 0.6 is 97.3 Å². The molecule has 149 heavy (non-hydrogen) atoms. The number of Topliss-reactive ketones (excluding diaryl/α,β-unsaturated/α-hetero) is 1. The standard InChI is InChI=1S/C23H19ClN2O3.C19H18ClNO4.C18H14ClNO5.C17H14ClNO5.C16H11BrClNO3S.C16H12ClNO5/c1-25(13-15-7-3-2-4-8-15)22-18(24)12-11-17-21(22)26(14-20(27)28)19-10-6-5-9-16(19)23(17)29;1-3-8-25-19-14(20)7-6-13-17(19)21(10-16(22)23)15-9-11(2)4-5-12(15)18(13)24;1-10(21)9-25-18-13(19)7-6-12-16(18)20(8-15(22)23)14-5-3-2-4-11(14)17(12)24;1-23-12-7-10(18)17(24-2)15-14(12)16(22)9-5-3-4-6-11(9)19(15)8-13(20)21;1-23-16-11(18)5-4-10-14(16)19(7-13(20)21)12-6-8(17)2-3-9(12)15(10)22;1-23-16-9(17)6-11(19)13-14(16)18(7-12(20)21)10-5-3-2-4-8(10)15(13)22/h2-12H,13-14H2,1H3,(H,27,28);4-7,9H,3,8,10H2,1-2H3,(H,22,23);2-7H,8-9H2,1H3,(H,22,23);3-7H,8H2,1-2H3,(H,20,21);2-6H,7H2,1H3,(H,20,21);2-6,19H,7H2,1H3,(H,20,21). The summed E-state index contributed by atoms with van der Waals surface area (Å²) in [5, 5.41) is 72.4.